The molecule has 0 amide bonds. The fourth-order valence-corrected chi connectivity index (χ4v) is 2.70. The summed E-state index contributed by atoms with van der Waals surface area (Å²) in [5, 5.41) is -0.550. The van der Waals surface area contributed by atoms with Crippen molar-refractivity contribution in [2.24, 2.45) is 0 Å². The Kier molecular flexibility index (Phi) is 5.00. The van der Waals surface area contributed by atoms with Crippen molar-refractivity contribution in [1.82, 2.24) is 4.98 Å². The van der Waals surface area contributed by atoms with Crippen molar-refractivity contribution >= 4 is 29.1 Å². The van der Waals surface area contributed by atoms with Gasteiger partial charge in [0.1, 0.15) is 5.69 Å². The van der Waals surface area contributed by atoms with E-state index in [4.69, 9.17) is 11.6 Å². The molecular formula is C15H14ClNOS. The van der Waals surface area contributed by atoms with Gasteiger partial charge >= 0.3 is 0 Å². The van der Waals surface area contributed by atoms with Gasteiger partial charge in [-0.3, -0.25) is 9.78 Å². The summed E-state index contributed by atoms with van der Waals surface area (Å²) in [5.41, 5.74) is 1.68. The fourth-order valence-electron chi connectivity index (χ4n) is 1.62. The molecule has 1 heterocycles. The molecule has 1 atom stereocenters. The number of alkyl halides is 1. The number of thioether (sulfide) groups is 1. The number of Topliss-reactive ketones (excluding diaryl/α,β-unsaturated/α-hetero) is 1. The predicted molar refractivity (Wildman–Crippen MR) is 79.9 cm³/mol. The number of hydrogen-bond acceptors (Lipinski definition) is 3. The lowest BCUT2D eigenvalue weighted by molar-refractivity contribution is 0.0984. The quantitative estimate of drug-likeness (QED) is 0.470. The molecule has 19 heavy (non-hydrogen) atoms. The lowest BCUT2D eigenvalue weighted by atomic mass is 10.2. The van der Waals surface area contributed by atoms with Crippen LogP contribution in [0.5, 0.6) is 0 Å². The summed E-state index contributed by atoms with van der Waals surface area (Å²) >= 11 is 7.46. The summed E-state index contributed by atoms with van der Waals surface area (Å²) in [4.78, 5) is 17.0. The topological polar surface area (TPSA) is 30.0 Å². The molecule has 1 aromatic heterocycles. The van der Waals surface area contributed by atoms with E-state index >= 15 is 0 Å². The number of carbonyl (C=O) groups is 1. The number of halogens is 1. The number of benzene rings is 1. The van der Waals surface area contributed by atoms with Gasteiger partial charge in [-0.2, -0.15) is 0 Å². The minimum absolute atomic E-state index is 0.127. The van der Waals surface area contributed by atoms with Crippen molar-refractivity contribution < 1.29 is 4.79 Å². The summed E-state index contributed by atoms with van der Waals surface area (Å²) < 4.78 is 0. The number of rotatable bonds is 5. The molecule has 0 radical (unpaired) electrons. The van der Waals surface area contributed by atoms with E-state index in [-0.39, 0.29) is 5.78 Å². The van der Waals surface area contributed by atoms with Gasteiger partial charge < -0.3 is 0 Å². The largest absolute Gasteiger partial charge is 0.291 e. The fraction of sp³-hybridized carbons (Fsp3) is 0.200. The summed E-state index contributed by atoms with van der Waals surface area (Å²) in [6.07, 6.45) is 1.62. The zero-order valence-corrected chi connectivity index (χ0v) is 12.1. The van der Waals surface area contributed by atoms with Crippen LogP contribution in [-0.2, 0) is 5.75 Å². The molecule has 1 aromatic carbocycles. The van der Waals surface area contributed by atoms with Crippen LogP contribution in [0.4, 0.5) is 0 Å². The molecule has 4 heteroatoms. The van der Waals surface area contributed by atoms with Crippen molar-refractivity contribution in [3.63, 3.8) is 0 Å². The predicted octanol–water partition coefficient (Wildman–Crippen LogP) is 4.18. The van der Waals surface area contributed by atoms with Crippen molar-refractivity contribution in [1.29, 1.82) is 0 Å². The first-order valence-corrected chi connectivity index (χ1v) is 7.40. The van der Waals surface area contributed by atoms with Crippen LogP contribution in [-0.4, -0.2) is 16.1 Å². The van der Waals surface area contributed by atoms with Crippen molar-refractivity contribution in [2.75, 3.05) is 0 Å². The molecule has 0 saturated carbocycles. The molecule has 0 saturated heterocycles. The van der Waals surface area contributed by atoms with Crippen LogP contribution in [0.1, 0.15) is 23.0 Å². The van der Waals surface area contributed by atoms with E-state index in [1.807, 2.05) is 30.3 Å². The molecule has 0 aliphatic carbocycles. The minimum atomic E-state index is -0.550. The molecule has 1 unspecified atom stereocenters. The van der Waals surface area contributed by atoms with Gasteiger partial charge in [-0.25, -0.2) is 0 Å². The maximum absolute atomic E-state index is 12.0. The van der Waals surface area contributed by atoms with Gasteiger partial charge in [0.05, 0.1) is 5.38 Å². The molecule has 2 aromatic rings. The van der Waals surface area contributed by atoms with E-state index in [2.05, 4.69) is 17.1 Å². The minimum Gasteiger partial charge on any atom is -0.291 e. The summed E-state index contributed by atoms with van der Waals surface area (Å²) in [5.74, 6) is 0.682. The molecular weight excluding hydrogens is 278 g/mol. The Labute approximate surface area is 122 Å². The van der Waals surface area contributed by atoms with E-state index in [1.54, 1.807) is 24.9 Å². The Morgan fingerprint density at radius 3 is 2.68 bits per heavy atom. The van der Waals surface area contributed by atoms with Gasteiger partial charge in [-0.1, -0.05) is 30.3 Å². The van der Waals surface area contributed by atoms with Gasteiger partial charge in [0.25, 0.3) is 0 Å². The van der Waals surface area contributed by atoms with Gasteiger partial charge in [0.2, 0.25) is 0 Å². The first kappa shape index (κ1) is 14.1. The Bertz CT molecular complexity index is 557. The standard InChI is InChI=1S/C15H14ClNOS/c1-11(16)15(18)14-13(8-5-9-17-14)19-10-12-6-3-2-4-7-12/h2-9,11H,10H2,1H3. The third kappa shape index (κ3) is 3.82. The highest BCUT2D eigenvalue weighted by Gasteiger charge is 2.17. The molecule has 0 bridgehead atoms. The highest BCUT2D eigenvalue weighted by Crippen LogP contribution is 2.26. The smallest absolute Gasteiger partial charge is 0.199 e. The molecule has 2 nitrogen and oxygen atoms in total. The second-order valence-corrected chi connectivity index (χ2v) is 5.78. The van der Waals surface area contributed by atoms with E-state index in [9.17, 15) is 4.79 Å². The van der Waals surface area contributed by atoms with Crippen molar-refractivity contribution in [3.8, 4) is 0 Å². The van der Waals surface area contributed by atoms with Crippen LogP contribution in [0, 0.1) is 0 Å². The number of pyridine rings is 1. The second kappa shape index (κ2) is 6.73. The van der Waals surface area contributed by atoms with Crippen LogP contribution >= 0.6 is 23.4 Å². The van der Waals surface area contributed by atoms with Gasteiger partial charge in [0, 0.05) is 16.8 Å². The molecule has 0 spiro atoms. The van der Waals surface area contributed by atoms with E-state index < -0.39 is 5.38 Å². The number of ketones is 1. The van der Waals surface area contributed by atoms with Crippen molar-refractivity contribution in [2.45, 2.75) is 22.9 Å². The highest BCUT2D eigenvalue weighted by molar-refractivity contribution is 7.98. The second-order valence-electron chi connectivity index (χ2n) is 4.10. The molecule has 2 rings (SSSR count). The highest BCUT2D eigenvalue weighted by atomic mass is 35.5. The average molecular weight is 292 g/mol. The number of aromatic nitrogens is 1. The van der Waals surface area contributed by atoms with Crippen LogP contribution in [0.3, 0.4) is 0 Å². The monoisotopic (exact) mass is 291 g/mol. The van der Waals surface area contributed by atoms with E-state index in [0.717, 1.165) is 10.6 Å². The van der Waals surface area contributed by atoms with Gasteiger partial charge in [-0.05, 0) is 24.6 Å². The van der Waals surface area contributed by atoms with E-state index in [0.29, 0.717) is 5.69 Å². The molecule has 0 aliphatic rings. The van der Waals surface area contributed by atoms with Crippen LogP contribution in [0.25, 0.3) is 0 Å². The van der Waals surface area contributed by atoms with Gasteiger partial charge in [0.15, 0.2) is 5.78 Å². The number of carbonyl (C=O) groups excluding carboxylic acids is 1. The number of nitrogens with zero attached hydrogens (tertiary/aromatic N) is 1. The van der Waals surface area contributed by atoms with Crippen LogP contribution in [0.15, 0.2) is 53.6 Å². The van der Waals surface area contributed by atoms with Crippen molar-refractivity contribution in [3.05, 3.63) is 59.9 Å². The Balaban J connectivity index is 2.14. The molecule has 98 valence electrons. The van der Waals surface area contributed by atoms with Crippen LogP contribution in [0.2, 0.25) is 0 Å². The first-order chi connectivity index (χ1) is 9.18. The average Bonchev–Trinajstić information content (AvgIpc) is 2.45. The lowest BCUT2D eigenvalue weighted by Gasteiger charge is -2.08. The zero-order valence-electron chi connectivity index (χ0n) is 10.5. The van der Waals surface area contributed by atoms with E-state index in [1.165, 1.54) is 5.56 Å². The van der Waals surface area contributed by atoms with Crippen LogP contribution < -0.4 is 0 Å². The molecule has 0 N–H and O–H groups in total. The number of hydrogen-bond donors (Lipinski definition) is 0. The molecule has 0 fully saturated rings. The Morgan fingerprint density at radius 1 is 1.26 bits per heavy atom. The third-order valence-corrected chi connectivity index (χ3v) is 3.92. The Hall–Kier alpha value is -1.32. The van der Waals surface area contributed by atoms with Gasteiger partial charge in [-0.15, -0.1) is 23.4 Å². The molecule has 0 aliphatic heterocycles. The normalized spacial score (nSPS) is 12.1. The maximum Gasteiger partial charge on any atom is 0.199 e. The summed E-state index contributed by atoms with van der Waals surface area (Å²) in [6, 6.07) is 13.9. The Morgan fingerprint density at radius 2 is 2.00 bits per heavy atom. The summed E-state index contributed by atoms with van der Waals surface area (Å²) in [7, 11) is 0. The maximum atomic E-state index is 12.0. The SMILES string of the molecule is CC(Cl)C(=O)c1ncccc1SCc1ccccc1. The third-order valence-electron chi connectivity index (χ3n) is 2.60. The first-order valence-electron chi connectivity index (χ1n) is 5.98. The lowest BCUT2D eigenvalue weighted by Crippen LogP contribution is -2.13. The zero-order chi connectivity index (χ0) is 13.7. The summed E-state index contributed by atoms with van der Waals surface area (Å²) in [6.45, 7) is 1.67.